The van der Waals surface area contributed by atoms with Gasteiger partial charge in [-0.2, -0.15) is 10.2 Å². The molecule has 0 radical (unpaired) electrons. The molecule has 0 unspecified atom stereocenters. The van der Waals surface area contributed by atoms with E-state index in [9.17, 15) is 0 Å². The summed E-state index contributed by atoms with van der Waals surface area (Å²) >= 11 is 0. The molecule has 16 heavy (non-hydrogen) atoms. The van der Waals surface area contributed by atoms with Gasteiger partial charge in [0.2, 0.25) is 0 Å². The third kappa shape index (κ3) is 1.89. The minimum atomic E-state index is 0.945. The van der Waals surface area contributed by atoms with E-state index in [2.05, 4.69) is 34.3 Å². The fourth-order valence-corrected chi connectivity index (χ4v) is 1.82. The normalized spacial score (nSPS) is 12.8. The van der Waals surface area contributed by atoms with Crippen molar-refractivity contribution in [3.05, 3.63) is 42.2 Å². The largest absolute Gasteiger partial charge is 0.361 e. The number of hydrogen-bond donors (Lipinski definition) is 1. The molecule has 0 spiro atoms. The maximum absolute atomic E-state index is 3.95. The molecule has 1 aromatic heterocycles. The van der Waals surface area contributed by atoms with Crippen LogP contribution in [0.4, 0.5) is 0 Å². The molecule has 0 saturated heterocycles. The van der Waals surface area contributed by atoms with Gasteiger partial charge in [-0.05, 0) is 18.1 Å². The van der Waals surface area contributed by atoms with Crippen molar-refractivity contribution in [1.29, 1.82) is 0 Å². The number of fused-ring (bicyclic) bond motifs is 1. The van der Waals surface area contributed by atoms with Gasteiger partial charge in [0.15, 0.2) is 0 Å². The molecule has 0 atom stereocenters. The summed E-state index contributed by atoms with van der Waals surface area (Å²) in [6, 6.07) is 8.28. The molecule has 0 saturated carbocycles. The third-order valence-corrected chi connectivity index (χ3v) is 2.65. The van der Waals surface area contributed by atoms with Crippen molar-refractivity contribution in [2.45, 2.75) is 13.3 Å². The summed E-state index contributed by atoms with van der Waals surface area (Å²) < 4.78 is 0. The lowest BCUT2D eigenvalue weighted by Crippen LogP contribution is -1.79. The number of rotatable bonds is 3. The first-order valence-corrected chi connectivity index (χ1v) is 5.41. The molecule has 0 aliphatic rings. The second-order valence-electron chi connectivity index (χ2n) is 3.57. The zero-order valence-electron chi connectivity index (χ0n) is 9.57. The van der Waals surface area contributed by atoms with Crippen LogP contribution in [0, 0.1) is 0 Å². The lowest BCUT2D eigenvalue weighted by Gasteiger charge is -2.00. The number of hydrogen-bond acceptors (Lipinski definition) is 2. The highest BCUT2D eigenvalue weighted by Crippen LogP contribution is 2.26. The Hall–Kier alpha value is -1.90. The Morgan fingerprint density at radius 3 is 2.94 bits per heavy atom. The molecule has 1 heterocycles. The number of azo groups is 1. The van der Waals surface area contributed by atoms with Crippen molar-refractivity contribution in [3.63, 3.8) is 0 Å². The smallest absolute Gasteiger partial charge is 0.0529 e. The number of para-hydroxylation sites is 1. The lowest BCUT2D eigenvalue weighted by atomic mass is 10.0. The lowest BCUT2D eigenvalue weighted by molar-refractivity contribution is 1.14. The van der Waals surface area contributed by atoms with E-state index in [-0.39, 0.29) is 0 Å². The zero-order valence-corrected chi connectivity index (χ0v) is 9.57. The van der Waals surface area contributed by atoms with Gasteiger partial charge in [-0.25, -0.2) is 0 Å². The number of allylic oxidation sites excluding steroid dienone is 1. The highest BCUT2D eigenvalue weighted by atomic mass is 15.1. The molecule has 2 aromatic rings. The van der Waals surface area contributed by atoms with E-state index in [4.69, 9.17) is 0 Å². The van der Waals surface area contributed by atoms with E-state index in [0.29, 0.717) is 0 Å². The quantitative estimate of drug-likeness (QED) is 0.749. The van der Waals surface area contributed by atoms with Crippen LogP contribution in [0.1, 0.15) is 18.9 Å². The van der Waals surface area contributed by atoms with Crippen molar-refractivity contribution in [1.82, 2.24) is 4.98 Å². The Morgan fingerprint density at radius 1 is 1.38 bits per heavy atom. The van der Waals surface area contributed by atoms with Crippen LogP contribution in [0.3, 0.4) is 0 Å². The SMILES string of the molecule is CCC(=CN=NC)c1c[nH]c2ccccc12. The van der Waals surface area contributed by atoms with Crippen LogP contribution >= 0.6 is 0 Å². The van der Waals surface area contributed by atoms with Crippen molar-refractivity contribution in [3.8, 4) is 0 Å². The molecular formula is C13H15N3. The van der Waals surface area contributed by atoms with Crippen molar-refractivity contribution in [2.24, 2.45) is 10.2 Å². The van der Waals surface area contributed by atoms with Gasteiger partial charge in [0.05, 0.1) is 6.20 Å². The molecule has 3 heteroatoms. The second-order valence-corrected chi connectivity index (χ2v) is 3.57. The summed E-state index contributed by atoms with van der Waals surface area (Å²) in [5, 5.41) is 8.94. The van der Waals surface area contributed by atoms with Crippen molar-refractivity contribution in [2.75, 3.05) is 7.05 Å². The standard InChI is InChI=1S/C13H15N3/c1-3-10(8-16-14-2)12-9-15-13-7-5-4-6-11(12)13/h4-9,15H,3H2,1-2H3. The summed E-state index contributed by atoms with van der Waals surface area (Å²) in [7, 11) is 1.68. The Bertz CT molecular complexity index is 535. The van der Waals surface area contributed by atoms with E-state index in [0.717, 1.165) is 11.9 Å². The Labute approximate surface area is 94.9 Å². The highest BCUT2D eigenvalue weighted by molar-refractivity contribution is 5.92. The molecule has 0 bridgehead atoms. The van der Waals surface area contributed by atoms with Crippen LogP contribution in [-0.4, -0.2) is 12.0 Å². The maximum Gasteiger partial charge on any atom is 0.0529 e. The van der Waals surface area contributed by atoms with Crippen molar-refractivity contribution < 1.29 is 0 Å². The first-order chi connectivity index (χ1) is 7.86. The first kappa shape index (κ1) is 10.6. The number of nitrogens with one attached hydrogen (secondary N) is 1. The highest BCUT2D eigenvalue weighted by Gasteiger charge is 2.06. The van der Waals surface area contributed by atoms with Crippen LogP contribution in [-0.2, 0) is 0 Å². The maximum atomic E-state index is 3.95. The topological polar surface area (TPSA) is 40.5 Å². The predicted molar refractivity (Wildman–Crippen MR) is 67.3 cm³/mol. The molecule has 0 fully saturated rings. The fourth-order valence-electron chi connectivity index (χ4n) is 1.82. The van der Waals surface area contributed by atoms with E-state index in [1.165, 1.54) is 16.5 Å². The molecule has 0 aliphatic heterocycles. The van der Waals surface area contributed by atoms with Crippen molar-refractivity contribution >= 4 is 16.5 Å². The zero-order chi connectivity index (χ0) is 11.4. The van der Waals surface area contributed by atoms with Gasteiger partial charge < -0.3 is 4.98 Å². The van der Waals surface area contributed by atoms with Crippen LogP contribution in [0.5, 0.6) is 0 Å². The number of benzene rings is 1. The summed E-state index contributed by atoms with van der Waals surface area (Å²) in [6.07, 6.45) is 4.81. The van der Waals surface area contributed by atoms with Gasteiger partial charge in [-0.15, -0.1) is 0 Å². The molecular weight excluding hydrogens is 198 g/mol. The van der Waals surface area contributed by atoms with Gasteiger partial charge in [-0.1, -0.05) is 25.1 Å². The molecule has 0 amide bonds. The van der Waals surface area contributed by atoms with E-state index >= 15 is 0 Å². The van der Waals surface area contributed by atoms with Crippen LogP contribution in [0.2, 0.25) is 0 Å². The molecule has 82 valence electrons. The number of aromatic amines is 1. The van der Waals surface area contributed by atoms with Gasteiger partial charge in [-0.3, -0.25) is 0 Å². The van der Waals surface area contributed by atoms with Gasteiger partial charge in [0.1, 0.15) is 0 Å². The Morgan fingerprint density at radius 2 is 2.19 bits per heavy atom. The molecule has 3 nitrogen and oxygen atoms in total. The van der Waals surface area contributed by atoms with E-state index < -0.39 is 0 Å². The summed E-state index contributed by atoms with van der Waals surface area (Å²) in [5.74, 6) is 0. The van der Waals surface area contributed by atoms with E-state index in [1.54, 1.807) is 7.05 Å². The van der Waals surface area contributed by atoms with Gasteiger partial charge in [0, 0.05) is 29.7 Å². The second kappa shape index (κ2) is 4.75. The monoisotopic (exact) mass is 213 g/mol. The third-order valence-electron chi connectivity index (χ3n) is 2.65. The fraction of sp³-hybridized carbons (Fsp3) is 0.231. The predicted octanol–water partition coefficient (Wildman–Crippen LogP) is 4.00. The average Bonchev–Trinajstić information content (AvgIpc) is 2.75. The molecule has 1 aromatic carbocycles. The van der Waals surface area contributed by atoms with Gasteiger partial charge >= 0.3 is 0 Å². The van der Waals surface area contributed by atoms with Crippen LogP contribution in [0.25, 0.3) is 16.5 Å². The van der Waals surface area contributed by atoms with Gasteiger partial charge in [0.25, 0.3) is 0 Å². The summed E-state index contributed by atoms with van der Waals surface area (Å²) in [6.45, 7) is 2.12. The first-order valence-electron chi connectivity index (χ1n) is 5.41. The summed E-state index contributed by atoms with van der Waals surface area (Å²) in [5.41, 5.74) is 3.57. The average molecular weight is 213 g/mol. The Kier molecular flexibility index (Phi) is 3.15. The minimum absolute atomic E-state index is 0.945. The summed E-state index contributed by atoms with van der Waals surface area (Å²) in [4.78, 5) is 3.27. The molecule has 1 N–H and O–H groups in total. The number of nitrogens with zero attached hydrogens (tertiary/aromatic N) is 2. The van der Waals surface area contributed by atoms with Crippen LogP contribution in [0.15, 0.2) is 46.9 Å². The number of aromatic nitrogens is 1. The van der Waals surface area contributed by atoms with E-state index in [1.807, 2.05) is 24.5 Å². The number of H-pyrrole nitrogens is 1. The Balaban J connectivity index is 2.53. The molecule has 0 aliphatic carbocycles. The molecule has 2 rings (SSSR count). The minimum Gasteiger partial charge on any atom is -0.361 e. The van der Waals surface area contributed by atoms with Crippen LogP contribution < -0.4 is 0 Å².